The second-order valence-corrected chi connectivity index (χ2v) is 8.22. The maximum Gasteiger partial charge on any atom is 0.417 e. The fraction of sp³-hybridized carbons (Fsp3) is 0.136. The molecule has 1 N–H and O–H groups in total. The summed E-state index contributed by atoms with van der Waals surface area (Å²) in [5.41, 5.74) is -0.173. The highest BCUT2D eigenvalue weighted by Gasteiger charge is 2.33. The van der Waals surface area contributed by atoms with Crippen molar-refractivity contribution in [3.05, 3.63) is 83.3 Å². The van der Waals surface area contributed by atoms with Crippen LogP contribution >= 0.6 is 23.4 Å². The summed E-state index contributed by atoms with van der Waals surface area (Å²) in [4.78, 5) is 12.4. The molecule has 0 fully saturated rings. The monoisotopic (exact) mass is 492 g/mol. The first-order valence-electron chi connectivity index (χ1n) is 9.61. The molecule has 0 atom stereocenters. The van der Waals surface area contributed by atoms with Crippen molar-refractivity contribution in [1.82, 2.24) is 14.8 Å². The van der Waals surface area contributed by atoms with Gasteiger partial charge in [-0.05, 0) is 30.3 Å². The van der Waals surface area contributed by atoms with Crippen molar-refractivity contribution < 1.29 is 22.4 Å². The average molecular weight is 493 g/mol. The summed E-state index contributed by atoms with van der Waals surface area (Å²) in [5, 5.41) is 10.9. The molecule has 2 aromatic carbocycles. The molecule has 0 unspecified atom stereocenters. The van der Waals surface area contributed by atoms with Crippen LogP contribution < -0.4 is 5.32 Å². The van der Waals surface area contributed by atoms with Gasteiger partial charge in [0.05, 0.1) is 29.1 Å². The lowest BCUT2D eigenvalue weighted by molar-refractivity contribution is -0.137. The van der Waals surface area contributed by atoms with Crippen LogP contribution in [0.15, 0.2) is 76.5 Å². The molecule has 6 nitrogen and oxygen atoms in total. The molecule has 0 radical (unpaired) electrons. The van der Waals surface area contributed by atoms with Gasteiger partial charge >= 0.3 is 6.18 Å². The van der Waals surface area contributed by atoms with Gasteiger partial charge in [0.25, 0.3) is 0 Å². The molecular formula is C22H16ClF3N4O2S. The number of carbonyl (C=O) groups excluding carboxylic acids is 1. The molecule has 0 bridgehead atoms. The highest BCUT2D eigenvalue weighted by molar-refractivity contribution is 7.99. The van der Waals surface area contributed by atoms with E-state index in [0.717, 1.165) is 29.5 Å². The number of nitrogens with zero attached hydrogens (tertiary/aromatic N) is 3. The first kappa shape index (κ1) is 22.9. The fourth-order valence-corrected chi connectivity index (χ4v) is 4.01. The molecule has 0 aliphatic rings. The number of hydrogen-bond donors (Lipinski definition) is 1. The van der Waals surface area contributed by atoms with Gasteiger partial charge in [-0.1, -0.05) is 53.7 Å². The van der Waals surface area contributed by atoms with E-state index in [2.05, 4.69) is 15.5 Å². The Labute approximate surface area is 195 Å². The lowest BCUT2D eigenvalue weighted by Crippen LogP contribution is -2.16. The standard InChI is InChI=1S/C22H16ClF3N4O2S/c23-18-9-8-15(11-17(18)22(24,25)26)27-19(31)13-33-21-29-28-20(14-5-2-1-3-6-14)30(21)12-16-7-4-10-32-16/h1-11H,12-13H2,(H,27,31). The highest BCUT2D eigenvalue weighted by atomic mass is 35.5. The quantitative estimate of drug-likeness (QED) is 0.321. The van der Waals surface area contributed by atoms with E-state index in [1.54, 1.807) is 12.3 Å². The highest BCUT2D eigenvalue weighted by Crippen LogP contribution is 2.36. The number of halogens is 4. The van der Waals surface area contributed by atoms with E-state index in [-0.39, 0.29) is 11.4 Å². The van der Waals surface area contributed by atoms with Crippen LogP contribution in [0.5, 0.6) is 0 Å². The normalized spacial score (nSPS) is 11.5. The van der Waals surface area contributed by atoms with E-state index in [4.69, 9.17) is 16.0 Å². The average Bonchev–Trinajstić information content (AvgIpc) is 3.44. The SMILES string of the molecule is O=C(CSc1nnc(-c2ccccc2)n1Cc1ccco1)Nc1ccc(Cl)c(C(F)(F)F)c1. The second-order valence-electron chi connectivity index (χ2n) is 6.87. The van der Waals surface area contributed by atoms with Gasteiger partial charge in [-0.25, -0.2) is 0 Å². The van der Waals surface area contributed by atoms with Gasteiger partial charge in [0, 0.05) is 11.3 Å². The maximum absolute atomic E-state index is 13.1. The van der Waals surface area contributed by atoms with Gasteiger partial charge in [-0.3, -0.25) is 9.36 Å². The van der Waals surface area contributed by atoms with Crippen molar-refractivity contribution in [2.24, 2.45) is 0 Å². The van der Waals surface area contributed by atoms with Gasteiger partial charge in [0.1, 0.15) is 5.76 Å². The molecule has 11 heteroatoms. The molecule has 0 saturated heterocycles. The minimum absolute atomic E-state index is 0.000600. The Morgan fingerprint density at radius 1 is 1.09 bits per heavy atom. The molecule has 1 amide bonds. The predicted octanol–water partition coefficient (Wildman–Crippen LogP) is 5.99. The van der Waals surface area contributed by atoms with E-state index in [1.807, 2.05) is 41.0 Å². The van der Waals surface area contributed by atoms with Crippen molar-refractivity contribution in [2.45, 2.75) is 17.9 Å². The van der Waals surface area contributed by atoms with E-state index < -0.39 is 22.7 Å². The Morgan fingerprint density at radius 2 is 1.88 bits per heavy atom. The zero-order chi connectivity index (χ0) is 23.4. The molecule has 2 heterocycles. The van der Waals surface area contributed by atoms with Crippen LogP contribution in [0, 0.1) is 0 Å². The number of amides is 1. The lowest BCUT2D eigenvalue weighted by atomic mass is 10.2. The number of anilines is 1. The number of alkyl halides is 3. The van der Waals surface area contributed by atoms with Crippen LogP contribution in [-0.2, 0) is 17.5 Å². The summed E-state index contributed by atoms with van der Waals surface area (Å²) in [6.45, 7) is 0.348. The van der Waals surface area contributed by atoms with Crippen LogP contribution in [0.2, 0.25) is 5.02 Å². The number of aromatic nitrogens is 3. The summed E-state index contributed by atoms with van der Waals surface area (Å²) >= 11 is 6.74. The first-order valence-corrected chi connectivity index (χ1v) is 11.0. The summed E-state index contributed by atoms with van der Waals surface area (Å²) in [7, 11) is 0. The topological polar surface area (TPSA) is 73.0 Å². The Bertz CT molecular complexity index is 1240. The molecule has 4 rings (SSSR count). The van der Waals surface area contributed by atoms with Crippen molar-refractivity contribution in [3.63, 3.8) is 0 Å². The third kappa shape index (κ3) is 5.58. The fourth-order valence-electron chi connectivity index (χ4n) is 3.04. The zero-order valence-electron chi connectivity index (χ0n) is 16.8. The molecule has 170 valence electrons. The van der Waals surface area contributed by atoms with E-state index in [1.165, 1.54) is 6.07 Å². The summed E-state index contributed by atoms with van der Waals surface area (Å²) in [5.74, 6) is 0.695. The maximum atomic E-state index is 13.1. The second kappa shape index (κ2) is 9.72. The third-order valence-corrected chi connectivity index (χ3v) is 5.83. The van der Waals surface area contributed by atoms with Crippen LogP contribution in [-0.4, -0.2) is 26.4 Å². The van der Waals surface area contributed by atoms with Gasteiger partial charge < -0.3 is 9.73 Å². The Morgan fingerprint density at radius 3 is 2.58 bits per heavy atom. The van der Waals surface area contributed by atoms with Crippen LogP contribution in [0.4, 0.5) is 18.9 Å². The van der Waals surface area contributed by atoms with Crippen molar-refractivity contribution >= 4 is 35.0 Å². The Kier molecular flexibility index (Phi) is 6.75. The molecule has 4 aromatic rings. The lowest BCUT2D eigenvalue weighted by Gasteiger charge is -2.12. The number of furan rings is 1. The number of nitrogens with one attached hydrogen (secondary N) is 1. The van der Waals surface area contributed by atoms with E-state index >= 15 is 0 Å². The van der Waals surface area contributed by atoms with Gasteiger partial charge in [-0.2, -0.15) is 13.2 Å². The third-order valence-electron chi connectivity index (χ3n) is 4.53. The molecule has 0 spiro atoms. The summed E-state index contributed by atoms with van der Waals surface area (Å²) in [6.07, 6.45) is -3.06. The largest absolute Gasteiger partial charge is 0.467 e. The number of carbonyl (C=O) groups is 1. The predicted molar refractivity (Wildman–Crippen MR) is 119 cm³/mol. The molecule has 0 aliphatic carbocycles. The van der Waals surface area contributed by atoms with E-state index in [9.17, 15) is 18.0 Å². The Balaban J connectivity index is 1.50. The van der Waals surface area contributed by atoms with Gasteiger partial charge in [0.2, 0.25) is 5.91 Å². The minimum atomic E-state index is -4.62. The smallest absolute Gasteiger partial charge is 0.417 e. The van der Waals surface area contributed by atoms with Gasteiger partial charge in [-0.15, -0.1) is 10.2 Å². The molecule has 33 heavy (non-hydrogen) atoms. The minimum Gasteiger partial charge on any atom is -0.467 e. The zero-order valence-corrected chi connectivity index (χ0v) is 18.4. The summed E-state index contributed by atoms with van der Waals surface area (Å²) in [6, 6.07) is 16.2. The molecular weight excluding hydrogens is 477 g/mol. The van der Waals surface area contributed by atoms with Crippen LogP contribution in [0.25, 0.3) is 11.4 Å². The number of rotatable bonds is 7. The van der Waals surface area contributed by atoms with E-state index in [0.29, 0.717) is 23.3 Å². The van der Waals surface area contributed by atoms with Crippen molar-refractivity contribution in [1.29, 1.82) is 0 Å². The van der Waals surface area contributed by atoms with Crippen LogP contribution in [0.1, 0.15) is 11.3 Å². The molecule has 2 aromatic heterocycles. The van der Waals surface area contributed by atoms with Crippen LogP contribution in [0.3, 0.4) is 0 Å². The first-order chi connectivity index (χ1) is 15.8. The molecule has 0 saturated carbocycles. The van der Waals surface area contributed by atoms with Crippen molar-refractivity contribution in [3.8, 4) is 11.4 Å². The molecule has 0 aliphatic heterocycles. The number of thioether (sulfide) groups is 1. The Hall–Kier alpha value is -3.24. The van der Waals surface area contributed by atoms with Gasteiger partial charge in [0.15, 0.2) is 11.0 Å². The van der Waals surface area contributed by atoms with Crippen molar-refractivity contribution in [2.75, 3.05) is 11.1 Å². The summed E-state index contributed by atoms with van der Waals surface area (Å²) < 4.78 is 46.4. The number of hydrogen-bond acceptors (Lipinski definition) is 5. The number of benzene rings is 2.